The maximum atomic E-state index is 12.2. The van der Waals surface area contributed by atoms with E-state index in [2.05, 4.69) is 5.32 Å². The molecule has 0 fully saturated rings. The van der Waals surface area contributed by atoms with Gasteiger partial charge in [0.15, 0.2) is 0 Å². The fraction of sp³-hybridized carbons (Fsp3) is 0.529. The van der Waals surface area contributed by atoms with E-state index in [4.69, 9.17) is 21.1 Å². The van der Waals surface area contributed by atoms with Crippen molar-refractivity contribution in [2.45, 2.75) is 33.3 Å². The molecule has 6 nitrogen and oxygen atoms in total. The molecule has 1 N–H and O–H groups in total. The van der Waals surface area contributed by atoms with Gasteiger partial charge in [0.1, 0.15) is 11.4 Å². The van der Waals surface area contributed by atoms with Crippen LogP contribution in [0.2, 0.25) is 5.02 Å². The van der Waals surface area contributed by atoms with Gasteiger partial charge < -0.3 is 19.7 Å². The highest BCUT2D eigenvalue weighted by molar-refractivity contribution is 6.30. The summed E-state index contributed by atoms with van der Waals surface area (Å²) in [5.41, 5.74) is -0.160. The maximum Gasteiger partial charge on any atom is 0.410 e. The number of nitrogens with one attached hydrogen (secondary N) is 1. The molecule has 24 heavy (non-hydrogen) atoms. The van der Waals surface area contributed by atoms with Crippen LogP contribution in [0.15, 0.2) is 18.2 Å². The van der Waals surface area contributed by atoms with Gasteiger partial charge in [0.05, 0.1) is 12.7 Å². The number of nitrogens with zero attached hydrogens (tertiary/aromatic N) is 1. The Morgan fingerprint density at radius 1 is 1.29 bits per heavy atom. The molecule has 0 saturated carbocycles. The standard InChI is InChI=1S/C17H25ClN2O4/c1-6-20(16(22)24-17(2,3)4)10-9-19-15(21)13-8-7-12(18)11-14(13)23-5/h7-8,11H,6,9-10H2,1-5H3,(H,19,21). The minimum absolute atomic E-state index is 0.288. The largest absolute Gasteiger partial charge is 0.496 e. The number of likely N-dealkylation sites (N-methyl/N-ethyl adjacent to an activating group) is 1. The monoisotopic (exact) mass is 356 g/mol. The second kappa shape index (κ2) is 8.78. The summed E-state index contributed by atoms with van der Waals surface area (Å²) < 4.78 is 10.5. The van der Waals surface area contributed by atoms with E-state index in [9.17, 15) is 9.59 Å². The van der Waals surface area contributed by atoms with Crippen LogP contribution >= 0.6 is 11.6 Å². The SMILES string of the molecule is CCN(CCNC(=O)c1ccc(Cl)cc1OC)C(=O)OC(C)(C)C. The maximum absolute atomic E-state index is 12.2. The number of rotatable bonds is 6. The molecule has 0 atom stereocenters. The third-order valence-electron chi connectivity index (χ3n) is 3.11. The van der Waals surface area contributed by atoms with Crippen molar-refractivity contribution < 1.29 is 19.1 Å². The van der Waals surface area contributed by atoms with Crippen LogP contribution in [0.1, 0.15) is 38.1 Å². The molecule has 2 amide bonds. The fourth-order valence-corrected chi connectivity index (χ4v) is 2.12. The first-order valence-electron chi connectivity index (χ1n) is 7.77. The van der Waals surface area contributed by atoms with E-state index in [0.717, 1.165) is 0 Å². The fourth-order valence-electron chi connectivity index (χ4n) is 1.96. The number of ether oxygens (including phenoxy) is 2. The molecule has 1 aromatic carbocycles. The summed E-state index contributed by atoms with van der Waals surface area (Å²) in [6.07, 6.45) is -0.400. The zero-order valence-corrected chi connectivity index (χ0v) is 15.6. The quantitative estimate of drug-likeness (QED) is 0.848. The molecule has 0 radical (unpaired) electrons. The van der Waals surface area contributed by atoms with Gasteiger partial charge in [0.2, 0.25) is 0 Å². The van der Waals surface area contributed by atoms with E-state index in [1.165, 1.54) is 12.0 Å². The number of benzene rings is 1. The molecule has 0 aliphatic rings. The Hall–Kier alpha value is -1.95. The molecule has 1 rings (SSSR count). The van der Waals surface area contributed by atoms with Crippen molar-refractivity contribution in [1.29, 1.82) is 0 Å². The summed E-state index contributed by atoms with van der Waals surface area (Å²) in [6.45, 7) is 8.45. The van der Waals surface area contributed by atoms with E-state index < -0.39 is 11.7 Å². The van der Waals surface area contributed by atoms with Crippen LogP contribution in [0.4, 0.5) is 4.79 Å². The van der Waals surface area contributed by atoms with E-state index in [1.54, 1.807) is 18.2 Å². The summed E-state index contributed by atoms with van der Waals surface area (Å²) in [4.78, 5) is 25.8. The van der Waals surface area contributed by atoms with Crippen LogP contribution in [-0.2, 0) is 4.74 Å². The molecule has 134 valence electrons. The predicted molar refractivity (Wildman–Crippen MR) is 93.8 cm³/mol. The molecule has 0 heterocycles. The van der Waals surface area contributed by atoms with Crippen LogP contribution in [0, 0.1) is 0 Å². The van der Waals surface area contributed by atoms with Crippen molar-refractivity contribution in [2.24, 2.45) is 0 Å². The first-order chi connectivity index (χ1) is 11.2. The van der Waals surface area contributed by atoms with E-state index in [0.29, 0.717) is 36.0 Å². The first kappa shape index (κ1) is 20.1. The summed E-state index contributed by atoms with van der Waals surface area (Å²) in [5, 5.41) is 3.26. The Bertz CT molecular complexity index is 584. The lowest BCUT2D eigenvalue weighted by molar-refractivity contribution is 0.0260. The van der Waals surface area contributed by atoms with Crippen molar-refractivity contribution >= 4 is 23.6 Å². The lowest BCUT2D eigenvalue weighted by Crippen LogP contribution is -2.41. The van der Waals surface area contributed by atoms with Crippen molar-refractivity contribution in [2.75, 3.05) is 26.7 Å². The molecule has 1 aromatic rings. The highest BCUT2D eigenvalue weighted by Crippen LogP contribution is 2.22. The molecule has 0 saturated heterocycles. The number of halogens is 1. The van der Waals surface area contributed by atoms with Gasteiger partial charge in [-0.25, -0.2) is 4.79 Å². The molecular weight excluding hydrogens is 332 g/mol. The Kier molecular flexibility index (Phi) is 7.35. The molecule has 7 heteroatoms. The third kappa shape index (κ3) is 6.28. The van der Waals surface area contributed by atoms with Crippen LogP contribution in [0.5, 0.6) is 5.75 Å². The molecule has 0 bridgehead atoms. The summed E-state index contributed by atoms with van der Waals surface area (Å²) in [5.74, 6) is 0.114. The lowest BCUT2D eigenvalue weighted by atomic mass is 10.2. The lowest BCUT2D eigenvalue weighted by Gasteiger charge is -2.26. The van der Waals surface area contributed by atoms with Gasteiger partial charge in [-0.2, -0.15) is 0 Å². The van der Waals surface area contributed by atoms with Gasteiger partial charge in [0, 0.05) is 24.7 Å². The van der Waals surface area contributed by atoms with Crippen molar-refractivity contribution in [3.8, 4) is 5.75 Å². The zero-order chi connectivity index (χ0) is 18.3. The Morgan fingerprint density at radius 3 is 2.50 bits per heavy atom. The Labute approximate surface area is 148 Å². The number of methoxy groups -OCH3 is 1. The van der Waals surface area contributed by atoms with Crippen LogP contribution in [0.25, 0.3) is 0 Å². The highest BCUT2D eigenvalue weighted by Gasteiger charge is 2.21. The Balaban J connectivity index is 2.59. The van der Waals surface area contributed by atoms with Gasteiger partial charge in [-0.1, -0.05) is 11.6 Å². The van der Waals surface area contributed by atoms with Gasteiger partial charge in [-0.3, -0.25) is 4.79 Å². The normalized spacial score (nSPS) is 10.9. The summed E-state index contributed by atoms with van der Waals surface area (Å²) >= 11 is 5.88. The average Bonchev–Trinajstić information content (AvgIpc) is 2.49. The molecule has 0 aliphatic carbocycles. The Morgan fingerprint density at radius 2 is 1.96 bits per heavy atom. The van der Waals surface area contributed by atoms with Crippen LogP contribution in [-0.4, -0.2) is 49.2 Å². The molecule has 0 unspecified atom stereocenters. The van der Waals surface area contributed by atoms with Gasteiger partial charge in [0.25, 0.3) is 5.91 Å². The van der Waals surface area contributed by atoms with Crippen molar-refractivity contribution in [1.82, 2.24) is 10.2 Å². The van der Waals surface area contributed by atoms with Crippen LogP contribution < -0.4 is 10.1 Å². The van der Waals surface area contributed by atoms with E-state index in [1.807, 2.05) is 27.7 Å². The smallest absolute Gasteiger partial charge is 0.410 e. The predicted octanol–water partition coefficient (Wildman–Crippen LogP) is 3.34. The van der Waals surface area contributed by atoms with Gasteiger partial charge in [-0.05, 0) is 45.9 Å². The van der Waals surface area contributed by atoms with Gasteiger partial charge >= 0.3 is 6.09 Å². The zero-order valence-electron chi connectivity index (χ0n) is 14.8. The number of carbonyl (C=O) groups is 2. The number of hydrogen-bond acceptors (Lipinski definition) is 4. The van der Waals surface area contributed by atoms with Crippen molar-refractivity contribution in [3.05, 3.63) is 28.8 Å². The summed E-state index contributed by atoms with van der Waals surface area (Å²) in [7, 11) is 1.48. The van der Waals surface area contributed by atoms with Crippen molar-refractivity contribution in [3.63, 3.8) is 0 Å². The molecule has 0 aliphatic heterocycles. The minimum atomic E-state index is -0.551. The van der Waals surface area contributed by atoms with E-state index >= 15 is 0 Å². The highest BCUT2D eigenvalue weighted by atomic mass is 35.5. The molecule has 0 aromatic heterocycles. The topological polar surface area (TPSA) is 67.9 Å². The average molecular weight is 357 g/mol. The van der Waals surface area contributed by atoms with Crippen LogP contribution in [0.3, 0.4) is 0 Å². The summed E-state index contributed by atoms with van der Waals surface area (Å²) in [6, 6.07) is 4.80. The van der Waals surface area contributed by atoms with Gasteiger partial charge in [-0.15, -0.1) is 0 Å². The second-order valence-corrected chi connectivity index (χ2v) is 6.60. The minimum Gasteiger partial charge on any atom is -0.496 e. The number of hydrogen-bond donors (Lipinski definition) is 1. The number of amides is 2. The number of carbonyl (C=O) groups excluding carboxylic acids is 2. The first-order valence-corrected chi connectivity index (χ1v) is 8.15. The third-order valence-corrected chi connectivity index (χ3v) is 3.34. The molecule has 0 spiro atoms. The van der Waals surface area contributed by atoms with E-state index in [-0.39, 0.29) is 5.91 Å². The second-order valence-electron chi connectivity index (χ2n) is 6.16. The molecular formula is C17H25ClN2O4.